The van der Waals surface area contributed by atoms with Gasteiger partial charge in [0.05, 0.1) is 22.6 Å². The number of hydrogen-bond donors (Lipinski definition) is 4. The number of hydrogen-bond acceptors (Lipinski definition) is 6. The Balaban J connectivity index is 0.00000456. The van der Waals surface area contributed by atoms with E-state index >= 15 is 0 Å². The summed E-state index contributed by atoms with van der Waals surface area (Å²) in [7, 11) is 0. The number of aromatic hydroxyl groups is 1. The third-order valence-electron chi connectivity index (χ3n) is 4.93. The summed E-state index contributed by atoms with van der Waals surface area (Å²) >= 11 is 6.17. The Morgan fingerprint density at radius 2 is 1.53 bits per heavy atom. The van der Waals surface area contributed by atoms with Crippen molar-refractivity contribution in [3.8, 4) is 5.75 Å². The van der Waals surface area contributed by atoms with Gasteiger partial charge < -0.3 is 31.0 Å². The summed E-state index contributed by atoms with van der Waals surface area (Å²) in [5.41, 5.74) is 1.14. The van der Waals surface area contributed by atoms with Crippen LogP contribution in [0.15, 0.2) is 72.8 Å². The van der Waals surface area contributed by atoms with Gasteiger partial charge in [-0.3, -0.25) is 14.4 Å². The molecule has 3 rings (SSSR count). The number of benzene rings is 3. The zero-order valence-electron chi connectivity index (χ0n) is 19.3. The molecule has 11 heteroatoms. The first-order valence-corrected chi connectivity index (χ1v) is 10.8. The first-order chi connectivity index (χ1) is 16.7. The maximum absolute atomic E-state index is 12.6. The molecule has 0 aliphatic rings. The number of halogens is 1. The fourth-order valence-corrected chi connectivity index (χ4v) is 3.37. The third-order valence-corrected chi connectivity index (χ3v) is 5.24. The summed E-state index contributed by atoms with van der Waals surface area (Å²) in [6, 6.07) is 17.0. The van der Waals surface area contributed by atoms with Crippen LogP contribution in [-0.4, -0.2) is 41.4 Å². The minimum atomic E-state index is -1.59. The predicted molar refractivity (Wildman–Crippen MR) is 126 cm³/mol. The number of carbonyl (C=O) groups is 4. The van der Waals surface area contributed by atoms with Crippen LogP contribution in [0.4, 0.5) is 0 Å². The van der Waals surface area contributed by atoms with Crippen molar-refractivity contribution in [2.75, 3.05) is 6.54 Å². The Morgan fingerprint density at radius 3 is 2.17 bits per heavy atom. The van der Waals surface area contributed by atoms with E-state index in [1.807, 2.05) is 0 Å². The van der Waals surface area contributed by atoms with Gasteiger partial charge >= 0.3 is 29.6 Å². The number of rotatable bonds is 9. The molecule has 0 saturated heterocycles. The number of amides is 3. The van der Waals surface area contributed by atoms with Gasteiger partial charge in [0.15, 0.2) is 0 Å². The van der Waals surface area contributed by atoms with Crippen LogP contribution in [0.1, 0.15) is 36.6 Å². The second-order valence-corrected chi connectivity index (χ2v) is 7.88. The molecule has 9 nitrogen and oxygen atoms in total. The SMILES string of the molecule is O=C(NCc1cccc(O)c1)c1ccc(C(=O)N[C@@H](CNC(=O)c2ccccc2)C(=O)[O-])c(Cl)c1.[Na+]. The summed E-state index contributed by atoms with van der Waals surface area (Å²) in [6.45, 7) is -0.246. The van der Waals surface area contributed by atoms with Gasteiger partial charge in [-0.15, -0.1) is 0 Å². The number of phenolic OH excluding ortho intramolecular Hbond substituents is 1. The third kappa shape index (κ3) is 8.10. The Kier molecular flexibility index (Phi) is 10.9. The van der Waals surface area contributed by atoms with Crippen molar-refractivity contribution in [3.05, 3.63) is 100 Å². The fraction of sp³-hybridized carbons (Fsp3) is 0.120. The molecule has 36 heavy (non-hydrogen) atoms. The maximum atomic E-state index is 12.6. The van der Waals surface area contributed by atoms with Gasteiger partial charge in [-0.25, -0.2) is 0 Å². The molecule has 4 N–H and O–H groups in total. The summed E-state index contributed by atoms with van der Waals surface area (Å²) in [5.74, 6) is -3.30. The quantitative estimate of drug-likeness (QED) is 0.248. The Morgan fingerprint density at radius 1 is 0.833 bits per heavy atom. The van der Waals surface area contributed by atoms with Gasteiger partial charge in [0.25, 0.3) is 17.7 Å². The van der Waals surface area contributed by atoms with Crippen LogP contribution in [0.5, 0.6) is 5.75 Å². The molecule has 0 radical (unpaired) electrons. The molecule has 0 saturated carbocycles. The van der Waals surface area contributed by atoms with Crippen LogP contribution in [0.3, 0.4) is 0 Å². The number of aliphatic carboxylic acids is 1. The van der Waals surface area contributed by atoms with E-state index in [-0.39, 0.29) is 58.0 Å². The van der Waals surface area contributed by atoms with Gasteiger partial charge in [-0.2, -0.15) is 0 Å². The molecule has 0 bridgehead atoms. The monoisotopic (exact) mass is 517 g/mol. The van der Waals surface area contributed by atoms with Gasteiger partial charge in [0.1, 0.15) is 5.75 Å². The Labute approximate surface area is 234 Å². The van der Waals surface area contributed by atoms with Gasteiger partial charge in [-0.05, 0) is 48.0 Å². The maximum Gasteiger partial charge on any atom is 1.00 e. The Bertz CT molecular complexity index is 1260. The number of carbonyl (C=O) groups excluding carboxylic acids is 4. The van der Waals surface area contributed by atoms with Crippen LogP contribution < -0.4 is 50.6 Å². The van der Waals surface area contributed by atoms with Crippen molar-refractivity contribution in [1.29, 1.82) is 0 Å². The van der Waals surface area contributed by atoms with Crippen LogP contribution in [-0.2, 0) is 11.3 Å². The van der Waals surface area contributed by atoms with Gasteiger partial charge in [0.2, 0.25) is 0 Å². The van der Waals surface area contributed by atoms with E-state index in [9.17, 15) is 29.4 Å². The van der Waals surface area contributed by atoms with Gasteiger partial charge in [0, 0.05) is 24.2 Å². The van der Waals surface area contributed by atoms with E-state index < -0.39 is 36.3 Å². The number of carboxylic acids is 1. The first-order valence-electron chi connectivity index (χ1n) is 10.4. The molecule has 0 unspecified atom stereocenters. The predicted octanol–water partition coefficient (Wildman–Crippen LogP) is -1.74. The summed E-state index contributed by atoms with van der Waals surface area (Å²) < 4.78 is 0. The molecule has 3 aromatic rings. The summed E-state index contributed by atoms with van der Waals surface area (Å²) in [4.78, 5) is 48.6. The molecule has 0 heterocycles. The molecule has 0 aliphatic carbocycles. The summed E-state index contributed by atoms with van der Waals surface area (Å²) in [5, 5.41) is 28.3. The number of phenols is 1. The van der Waals surface area contributed by atoms with Crippen LogP contribution >= 0.6 is 11.6 Å². The first kappa shape index (κ1) is 28.9. The summed E-state index contributed by atoms with van der Waals surface area (Å²) in [6.07, 6.45) is 0. The minimum absolute atomic E-state index is 0. The molecule has 0 fully saturated rings. The van der Waals surface area contributed by atoms with Crippen molar-refractivity contribution < 1.29 is 58.9 Å². The largest absolute Gasteiger partial charge is 1.00 e. The van der Waals surface area contributed by atoms with Crippen LogP contribution in [0.25, 0.3) is 0 Å². The second kappa shape index (κ2) is 13.6. The normalized spacial score (nSPS) is 10.9. The number of nitrogens with one attached hydrogen (secondary N) is 3. The fourth-order valence-electron chi connectivity index (χ4n) is 3.11. The Hall–Kier alpha value is -3.37. The van der Waals surface area contributed by atoms with E-state index in [0.29, 0.717) is 11.1 Å². The molecule has 0 aliphatic heterocycles. The smallest absolute Gasteiger partial charge is 0.548 e. The van der Waals surface area contributed by atoms with E-state index in [1.165, 1.54) is 30.3 Å². The van der Waals surface area contributed by atoms with Crippen molar-refractivity contribution in [1.82, 2.24) is 16.0 Å². The van der Waals surface area contributed by atoms with Crippen LogP contribution in [0.2, 0.25) is 5.02 Å². The zero-order chi connectivity index (χ0) is 25.4. The molecule has 1 atom stereocenters. The van der Waals surface area contributed by atoms with E-state index in [2.05, 4.69) is 16.0 Å². The van der Waals surface area contributed by atoms with Crippen molar-refractivity contribution >= 4 is 35.3 Å². The minimum Gasteiger partial charge on any atom is -0.548 e. The molecule has 180 valence electrons. The van der Waals surface area contributed by atoms with Crippen molar-refractivity contribution in [2.24, 2.45) is 0 Å². The molecule has 0 aromatic heterocycles. The molecule has 3 amide bonds. The van der Waals surface area contributed by atoms with Gasteiger partial charge in [-0.1, -0.05) is 41.9 Å². The van der Waals surface area contributed by atoms with Crippen molar-refractivity contribution in [3.63, 3.8) is 0 Å². The zero-order valence-corrected chi connectivity index (χ0v) is 22.0. The molecular formula is C25H21ClN3NaO6. The topological polar surface area (TPSA) is 148 Å². The molecular weight excluding hydrogens is 497 g/mol. The second-order valence-electron chi connectivity index (χ2n) is 7.47. The molecule has 0 spiro atoms. The average molecular weight is 518 g/mol. The van der Waals surface area contributed by atoms with E-state index in [0.717, 1.165) is 0 Å². The van der Waals surface area contributed by atoms with E-state index in [4.69, 9.17) is 11.6 Å². The molecule has 3 aromatic carbocycles. The number of carboxylic acid groups (broad SMARTS) is 1. The average Bonchev–Trinajstić information content (AvgIpc) is 2.85. The van der Waals surface area contributed by atoms with E-state index in [1.54, 1.807) is 42.5 Å². The van der Waals surface area contributed by atoms with Crippen molar-refractivity contribution in [2.45, 2.75) is 12.6 Å². The standard InChI is InChI=1S/C25H22ClN3O6.Na/c26-20-12-17(23(32)27-13-15-5-4-8-18(30)11-15)9-10-19(20)24(33)29-21(25(34)35)14-28-22(31)16-6-2-1-3-7-16;/h1-12,21,30H,13-14H2,(H,27,32)(H,28,31)(H,29,33)(H,34,35);/q;+1/p-1/t21-;/m0./s1. The van der Waals surface area contributed by atoms with Crippen LogP contribution in [0, 0.1) is 0 Å².